The smallest absolute Gasteiger partial charge is 0.266 e. The van der Waals surface area contributed by atoms with Gasteiger partial charge in [0.15, 0.2) is 0 Å². The van der Waals surface area contributed by atoms with E-state index in [4.69, 9.17) is 4.84 Å². The molecule has 0 aromatic heterocycles. The van der Waals surface area contributed by atoms with Gasteiger partial charge in [-0.2, -0.15) is 0 Å². The van der Waals surface area contributed by atoms with Crippen LogP contribution in [0, 0.1) is 17.6 Å². The summed E-state index contributed by atoms with van der Waals surface area (Å²) in [5, 5.41) is 3.81. The first-order chi connectivity index (χ1) is 11.0. The molecule has 0 N–H and O–H groups in total. The maximum Gasteiger partial charge on any atom is 0.266 e. The Balaban J connectivity index is 1.66. The van der Waals surface area contributed by atoms with Crippen LogP contribution in [0.15, 0.2) is 23.4 Å². The number of halogens is 2. The van der Waals surface area contributed by atoms with Crippen molar-refractivity contribution in [3.05, 3.63) is 35.4 Å². The van der Waals surface area contributed by atoms with Gasteiger partial charge in [-0.1, -0.05) is 12.1 Å². The molecular weight excluding hydrogens is 302 g/mol. The number of carbonyl (C=O) groups is 1. The van der Waals surface area contributed by atoms with Gasteiger partial charge in [0.2, 0.25) is 6.10 Å². The Hall–Kier alpha value is -1.98. The van der Waals surface area contributed by atoms with Crippen molar-refractivity contribution < 1.29 is 18.4 Å². The lowest BCUT2D eigenvalue weighted by Crippen LogP contribution is -2.40. The van der Waals surface area contributed by atoms with Crippen LogP contribution in [0.3, 0.4) is 0 Å². The van der Waals surface area contributed by atoms with Crippen molar-refractivity contribution in [1.29, 1.82) is 0 Å². The lowest BCUT2D eigenvalue weighted by molar-refractivity contribution is -0.142. The molecule has 2 aliphatic heterocycles. The van der Waals surface area contributed by atoms with Gasteiger partial charge in [-0.05, 0) is 43.4 Å². The monoisotopic (exact) mass is 322 g/mol. The van der Waals surface area contributed by atoms with Crippen LogP contribution in [-0.4, -0.2) is 35.7 Å². The second-order valence-corrected chi connectivity index (χ2v) is 6.32. The van der Waals surface area contributed by atoms with Crippen LogP contribution in [0.5, 0.6) is 0 Å². The van der Waals surface area contributed by atoms with E-state index in [9.17, 15) is 13.6 Å². The molecule has 0 spiro atoms. The fourth-order valence-electron chi connectivity index (χ4n) is 3.07. The zero-order valence-electron chi connectivity index (χ0n) is 13.1. The highest BCUT2D eigenvalue weighted by molar-refractivity contribution is 6.04. The second-order valence-electron chi connectivity index (χ2n) is 6.32. The fraction of sp³-hybridized carbons (Fsp3) is 0.529. The van der Waals surface area contributed by atoms with Crippen LogP contribution in [0.1, 0.15) is 38.2 Å². The first-order valence-corrected chi connectivity index (χ1v) is 8.01. The summed E-state index contributed by atoms with van der Waals surface area (Å²) in [4.78, 5) is 19.6. The molecule has 1 aromatic rings. The second kappa shape index (κ2) is 6.64. The summed E-state index contributed by atoms with van der Waals surface area (Å²) < 4.78 is 27.1. The largest absolute Gasteiger partial charge is 0.382 e. The van der Waals surface area contributed by atoms with Crippen LogP contribution < -0.4 is 0 Å². The van der Waals surface area contributed by atoms with Crippen molar-refractivity contribution in [3.8, 4) is 0 Å². The molecule has 0 bridgehead atoms. The van der Waals surface area contributed by atoms with Crippen LogP contribution in [0.2, 0.25) is 0 Å². The van der Waals surface area contributed by atoms with E-state index in [0.29, 0.717) is 19.0 Å². The molecule has 1 saturated heterocycles. The molecule has 2 heterocycles. The number of hydrogen-bond donors (Lipinski definition) is 0. The van der Waals surface area contributed by atoms with Crippen molar-refractivity contribution in [1.82, 2.24) is 4.90 Å². The van der Waals surface area contributed by atoms with Crippen molar-refractivity contribution >= 4 is 11.6 Å². The minimum Gasteiger partial charge on any atom is -0.382 e. The van der Waals surface area contributed by atoms with Gasteiger partial charge in [0.05, 0.1) is 5.71 Å². The molecule has 4 nitrogen and oxygen atoms in total. The SMILES string of the molecule is C[C@H]1CCCN(C(=O)[C@@H]2CC(c3cc(F)ccc3F)=NO2)CC1. The highest BCUT2D eigenvalue weighted by Gasteiger charge is 2.33. The molecule has 1 amide bonds. The number of carbonyl (C=O) groups excluding carboxylic acids is 1. The third-order valence-electron chi connectivity index (χ3n) is 4.51. The first-order valence-electron chi connectivity index (χ1n) is 8.01. The highest BCUT2D eigenvalue weighted by Crippen LogP contribution is 2.23. The van der Waals surface area contributed by atoms with E-state index in [2.05, 4.69) is 12.1 Å². The van der Waals surface area contributed by atoms with Gasteiger partial charge in [0, 0.05) is 25.1 Å². The molecule has 3 rings (SSSR count). The van der Waals surface area contributed by atoms with Crippen molar-refractivity contribution in [2.75, 3.05) is 13.1 Å². The summed E-state index contributed by atoms with van der Waals surface area (Å²) >= 11 is 0. The van der Waals surface area contributed by atoms with Gasteiger partial charge >= 0.3 is 0 Å². The molecule has 124 valence electrons. The van der Waals surface area contributed by atoms with E-state index >= 15 is 0 Å². The molecule has 0 radical (unpaired) electrons. The van der Waals surface area contributed by atoms with E-state index in [1.807, 2.05) is 0 Å². The Kier molecular flexibility index (Phi) is 4.59. The molecule has 2 atom stereocenters. The summed E-state index contributed by atoms with van der Waals surface area (Å²) in [5.74, 6) is -0.606. The van der Waals surface area contributed by atoms with Gasteiger partial charge < -0.3 is 9.74 Å². The average molecular weight is 322 g/mol. The summed E-state index contributed by atoms with van der Waals surface area (Å²) in [7, 11) is 0. The maximum atomic E-state index is 13.8. The summed E-state index contributed by atoms with van der Waals surface area (Å²) in [5.41, 5.74) is 0.341. The van der Waals surface area contributed by atoms with E-state index in [0.717, 1.165) is 37.5 Å². The zero-order chi connectivity index (χ0) is 16.4. The minimum atomic E-state index is -0.735. The quantitative estimate of drug-likeness (QED) is 0.839. The summed E-state index contributed by atoms with van der Waals surface area (Å²) in [6, 6.07) is 3.19. The van der Waals surface area contributed by atoms with E-state index in [1.165, 1.54) is 0 Å². The Labute approximate surface area is 134 Å². The number of likely N-dealkylation sites (tertiary alicyclic amines) is 1. The van der Waals surface area contributed by atoms with Crippen molar-refractivity contribution in [2.24, 2.45) is 11.1 Å². The Bertz CT molecular complexity index is 633. The molecule has 1 aromatic carbocycles. The van der Waals surface area contributed by atoms with Crippen LogP contribution in [0.4, 0.5) is 8.78 Å². The predicted molar refractivity (Wildman–Crippen MR) is 82.0 cm³/mol. The number of oxime groups is 1. The topological polar surface area (TPSA) is 41.9 Å². The molecule has 1 fully saturated rings. The predicted octanol–water partition coefficient (Wildman–Crippen LogP) is 3.11. The molecule has 0 unspecified atom stereocenters. The fourth-order valence-corrected chi connectivity index (χ4v) is 3.07. The minimum absolute atomic E-state index is 0.0600. The summed E-state index contributed by atoms with van der Waals surface area (Å²) in [6.07, 6.45) is 2.51. The van der Waals surface area contributed by atoms with Gasteiger partial charge in [0.1, 0.15) is 11.6 Å². The van der Waals surface area contributed by atoms with Gasteiger partial charge in [-0.3, -0.25) is 4.79 Å². The van der Waals surface area contributed by atoms with E-state index in [1.54, 1.807) is 4.90 Å². The number of hydrogen-bond acceptors (Lipinski definition) is 3. The molecular formula is C17H20F2N2O2. The van der Waals surface area contributed by atoms with Gasteiger partial charge in [0.25, 0.3) is 5.91 Å². The number of rotatable bonds is 2. The summed E-state index contributed by atoms with van der Waals surface area (Å²) in [6.45, 7) is 3.62. The van der Waals surface area contributed by atoms with Crippen LogP contribution >= 0.6 is 0 Å². The van der Waals surface area contributed by atoms with Gasteiger partial charge in [-0.25, -0.2) is 8.78 Å². The van der Waals surface area contributed by atoms with Gasteiger partial charge in [-0.15, -0.1) is 0 Å². The lowest BCUT2D eigenvalue weighted by atomic mass is 10.0. The molecule has 23 heavy (non-hydrogen) atoms. The molecule has 0 aliphatic carbocycles. The third-order valence-corrected chi connectivity index (χ3v) is 4.51. The molecule has 0 saturated carbocycles. The lowest BCUT2D eigenvalue weighted by Gasteiger charge is -2.22. The Morgan fingerprint density at radius 2 is 2.13 bits per heavy atom. The number of nitrogens with zero attached hydrogens (tertiary/aromatic N) is 2. The van der Waals surface area contributed by atoms with Crippen LogP contribution in [0.25, 0.3) is 0 Å². The maximum absolute atomic E-state index is 13.8. The molecule has 2 aliphatic rings. The van der Waals surface area contributed by atoms with E-state index < -0.39 is 17.7 Å². The normalized spacial score (nSPS) is 24.8. The zero-order valence-corrected chi connectivity index (χ0v) is 13.1. The highest BCUT2D eigenvalue weighted by atomic mass is 19.1. The first kappa shape index (κ1) is 15.9. The molecule has 6 heteroatoms. The van der Waals surface area contributed by atoms with Crippen molar-refractivity contribution in [3.63, 3.8) is 0 Å². The van der Waals surface area contributed by atoms with Crippen molar-refractivity contribution in [2.45, 2.75) is 38.7 Å². The Morgan fingerprint density at radius 1 is 1.30 bits per heavy atom. The van der Waals surface area contributed by atoms with Crippen LogP contribution in [-0.2, 0) is 9.63 Å². The third kappa shape index (κ3) is 3.51. The number of benzene rings is 1. The standard InChI is InChI=1S/C17H20F2N2O2/c1-11-3-2-7-21(8-6-11)17(22)16-10-15(20-23-16)13-9-12(18)4-5-14(13)19/h4-5,9,11,16H,2-3,6-8,10H2,1H3/t11-,16-/m0/s1. The Morgan fingerprint density at radius 3 is 2.96 bits per heavy atom. The van der Waals surface area contributed by atoms with E-state index in [-0.39, 0.29) is 23.6 Å². The number of amides is 1. The average Bonchev–Trinajstić information content (AvgIpc) is 2.92.